The zero-order valence-electron chi connectivity index (χ0n) is 17.0. The van der Waals surface area contributed by atoms with Crippen LogP contribution in [0.4, 0.5) is 0 Å². The highest BCUT2D eigenvalue weighted by Gasteiger charge is 2.47. The topological polar surface area (TPSA) is 92.7 Å². The smallest absolute Gasteiger partial charge is 0.272 e. The lowest BCUT2D eigenvalue weighted by Crippen LogP contribution is -2.35. The number of fused-ring (bicyclic) bond motifs is 1. The maximum Gasteiger partial charge on any atom is 0.272 e. The fourth-order valence-electron chi connectivity index (χ4n) is 4.34. The Hall–Kier alpha value is -2.52. The van der Waals surface area contributed by atoms with Crippen molar-refractivity contribution in [2.75, 3.05) is 33.3 Å². The van der Waals surface area contributed by atoms with E-state index in [1.54, 1.807) is 22.4 Å². The minimum Gasteiger partial charge on any atom is -0.497 e. The van der Waals surface area contributed by atoms with Crippen molar-refractivity contribution in [1.29, 1.82) is 0 Å². The van der Waals surface area contributed by atoms with Crippen molar-refractivity contribution < 1.29 is 17.9 Å². The molecule has 30 heavy (non-hydrogen) atoms. The molecule has 8 nitrogen and oxygen atoms in total. The number of ether oxygens (including phenoxy) is 1. The summed E-state index contributed by atoms with van der Waals surface area (Å²) in [5.74, 6) is 0.677. The summed E-state index contributed by atoms with van der Waals surface area (Å²) in [7, 11) is -1.74. The summed E-state index contributed by atoms with van der Waals surface area (Å²) in [6, 6.07) is 9.31. The van der Waals surface area contributed by atoms with Gasteiger partial charge in [-0.1, -0.05) is 12.1 Å². The molecule has 0 radical (unpaired) electrons. The fraction of sp³-hybridized carbons (Fsp3) is 0.476. The van der Waals surface area contributed by atoms with Crippen molar-refractivity contribution in [2.24, 2.45) is 5.92 Å². The van der Waals surface area contributed by atoms with Gasteiger partial charge in [0.1, 0.15) is 17.8 Å². The van der Waals surface area contributed by atoms with Crippen molar-refractivity contribution in [3.05, 3.63) is 54.1 Å². The third kappa shape index (κ3) is 4.17. The number of amides is 1. The molecule has 9 heteroatoms. The predicted octanol–water partition coefficient (Wildman–Crippen LogP) is 1.59. The molecule has 2 aliphatic heterocycles. The lowest BCUT2D eigenvalue weighted by molar-refractivity contribution is 0.0753. The van der Waals surface area contributed by atoms with Gasteiger partial charge in [-0.3, -0.25) is 4.79 Å². The SMILES string of the molecule is COc1ccc(CCN2C[C@@H]3CCN(C(=O)c4ccncn4)CC[C@@H]3S2(=O)=O)cc1. The summed E-state index contributed by atoms with van der Waals surface area (Å²) in [5, 5.41) is -0.420. The van der Waals surface area contributed by atoms with E-state index in [4.69, 9.17) is 4.74 Å². The minimum atomic E-state index is -3.36. The number of carbonyl (C=O) groups excluding carboxylic acids is 1. The number of hydrogen-bond acceptors (Lipinski definition) is 6. The number of nitrogens with zero attached hydrogens (tertiary/aromatic N) is 4. The molecule has 0 bridgehead atoms. The number of likely N-dealkylation sites (tertiary alicyclic amines) is 1. The van der Waals surface area contributed by atoms with Gasteiger partial charge in [0.25, 0.3) is 5.91 Å². The molecule has 2 atom stereocenters. The van der Waals surface area contributed by atoms with E-state index < -0.39 is 15.3 Å². The monoisotopic (exact) mass is 430 g/mol. The maximum atomic E-state index is 13.1. The summed E-state index contributed by atoms with van der Waals surface area (Å²) >= 11 is 0. The Morgan fingerprint density at radius 3 is 2.63 bits per heavy atom. The van der Waals surface area contributed by atoms with Crippen LogP contribution in [0.5, 0.6) is 5.75 Å². The first kappa shape index (κ1) is 20.7. The molecule has 0 saturated carbocycles. The summed E-state index contributed by atoms with van der Waals surface area (Å²) < 4.78 is 33.1. The van der Waals surface area contributed by atoms with Crippen molar-refractivity contribution in [2.45, 2.75) is 24.5 Å². The molecular weight excluding hydrogens is 404 g/mol. The molecule has 1 aromatic heterocycles. The lowest BCUT2D eigenvalue weighted by atomic mass is 10.0. The highest BCUT2D eigenvalue weighted by Crippen LogP contribution is 2.34. The van der Waals surface area contributed by atoms with Crippen LogP contribution in [0.3, 0.4) is 0 Å². The van der Waals surface area contributed by atoms with Gasteiger partial charge in [0.15, 0.2) is 0 Å². The number of benzene rings is 1. The Morgan fingerprint density at radius 2 is 1.93 bits per heavy atom. The highest BCUT2D eigenvalue weighted by atomic mass is 32.2. The summed E-state index contributed by atoms with van der Waals surface area (Å²) in [5.41, 5.74) is 1.43. The molecule has 160 valence electrons. The molecule has 4 rings (SSSR count). The van der Waals surface area contributed by atoms with Gasteiger partial charge in [-0.2, -0.15) is 0 Å². The van der Waals surface area contributed by atoms with Gasteiger partial charge >= 0.3 is 0 Å². The lowest BCUT2D eigenvalue weighted by Gasteiger charge is -2.22. The molecule has 0 unspecified atom stereocenters. The standard InChI is InChI=1S/C21H26N4O4S/c1-29-18-4-2-16(3-5-18)7-13-25-14-17-8-11-24(12-9-20(17)30(25,27)28)21(26)19-6-10-22-15-23-19/h2-6,10,15,17,20H,7-9,11-14H2,1H3/t17-,20-/m0/s1. The highest BCUT2D eigenvalue weighted by molar-refractivity contribution is 7.90. The predicted molar refractivity (Wildman–Crippen MR) is 112 cm³/mol. The van der Waals surface area contributed by atoms with Gasteiger partial charge in [-0.25, -0.2) is 22.7 Å². The second-order valence-corrected chi connectivity index (χ2v) is 9.92. The first-order valence-corrected chi connectivity index (χ1v) is 11.7. The van der Waals surface area contributed by atoms with E-state index in [2.05, 4.69) is 9.97 Å². The quantitative estimate of drug-likeness (QED) is 0.715. The molecular formula is C21H26N4O4S. The van der Waals surface area contributed by atoms with Gasteiger partial charge < -0.3 is 9.64 Å². The van der Waals surface area contributed by atoms with Gasteiger partial charge in [0.05, 0.1) is 12.4 Å². The molecule has 1 amide bonds. The molecule has 2 saturated heterocycles. The number of sulfonamides is 1. The Balaban J connectivity index is 1.38. The van der Waals surface area contributed by atoms with Crippen LogP contribution in [0.2, 0.25) is 0 Å². The van der Waals surface area contributed by atoms with Gasteiger partial charge in [-0.05, 0) is 48.9 Å². The molecule has 3 heterocycles. The van der Waals surface area contributed by atoms with E-state index >= 15 is 0 Å². The normalized spacial score (nSPS) is 23.6. The van der Waals surface area contributed by atoms with Gasteiger partial charge in [-0.15, -0.1) is 0 Å². The van der Waals surface area contributed by atoms with E-state index in [1.807, 2.05) is 24.3 Å². The van der Waals surface area contributed by atoms with Crippen LogP contribution in [0.25, 0.3) is 0 Å². The molecule has 0 spiro atoms. The molecule has 0 N–H and O–H groups in total. The van der Waals surface area contributed by atoms with Crippen LogP contribution in [-0.2, 0) is 16.4 Å². The number of methoxy groups -OCH3 is 1. The zero-order chi connectivity index (χ0) is 21.1. The Labute approximate surface area is 176 Å². The van der Waals surface area contributed by atoms with E-state index in [9.17, 15) is 13.2 Å². The second-order valence-electron chi connectivity index (χ2n) is 7.76. The molecule has 2 aliphatic rings. The first-order chi connectivity index (χ1) is 14.5. The van der Waals surface area contributed by atoms with Crippen molar-refractivity contribution in [1.82, 2.24) is 19.2 Å². The van der Waals surface area contributed by atoms with Crippen molar-refractivity contribution in [3.63, 3.8) is 0 Å². The number of rotatable bonds is 5. The Morgan fingerprint density at radius 1 is 1.17 bits per heavy atom. The maximum absolute atomic E-state index is 13.1. The minimum absolute atomic E-state index is 0.0501. The summed E-state index contributed by atoms with van der Waals surface area (Å²) in [6.45, 7) is 1.98. The fourth-order valence-corrected chi connectivity index (χ4v) is 6.58. The van der Waals surface area contributed by atoms with E-state index in [1.165, 1.54) is 12.5 Å². The van der Waals surface area contributed by atoms with Crippen LogP contribution in [0.15, 0.2) is 42.9 Å². The Kier molecular flexibility index (Phi) is 6.01. The molecule has 2 fully saturated rings. The third-order valence-electron chi connectivity index (χ3n) is 6.06. The number of aromatic nitrogens is 2. The summed E-state index contributed by atoms with van der Waals surface area (Å²) in [6.07, 6.45) is 4.70. The van der Waals surface area contributed by atoms with Crippen LogP contribution < -0.4 is 4.74 Å². The number of hydrogen-bond donors (Lipinski definition) is 0. The van der Waals surface area contributed by atoms with Crippen LogP contribution >= 0.6 is 0 Å². The average molecular weight is 431 g/mol. The van der Waals surface area contributed by atoms with Crippen LogP contribution in [0.1, 0.15) is 28.9 Å². The second kappa shape index (κ2) is 8.69. The number of carbonyl (C=O) groups is 1. The van der Waals surface area contributed by atoms with Crippen LogP contribution in [-0.4, -0.2) is 72.0 Å². The Bertz CT molecular complexity index is 982. The van der Waals surface area contributed by atoms with Gasteiger partial charge in [0.2, 0.25) is 10.0 Å². The van der Waals surface area contributed by atoms with Crippen molar-refractivity contribution >= 4 is 15.9 Å². The zero-order valence-corrected chi connectivity index (χ0v) is 17.8. The van der Waals surface area contributed by atoms with E-state index in [-0.39, 0.29) is 11.8 Å². The molecule has 1 aromatic carbocycles. The average Bonchev–Trinajstić information content (AvgIpc) is 2.90. The molecule has 2 aromatic rings. The van der Waals surface area contributed by atoms with E-state index in [0.29, 0.717) is 51.1 Å². The first-order valence-electron chi connectivity index (χ1n) is 10.2. The van der Waals surface area contributed by atoms with Crippen molar-refractivity contribution in [3.8, 4) is 5.75 Å². The van der Waals surface area contributed by atoms with E-state index in [0.717, 1.165) is 11.3 Å². The largest absolute Gasteiger partial charge is 0.497 e. The molecule has 0 aliphatic carbocycles. The summed E-state index contributed by atoms with van der Waals surface area (Å²) in [4.78, 5) is 22.3. The van der Waals surface area contributed by atoms with Crippen LogP contribution in [0, 0.1) is 5.92 Å². The third-order valence-corrected chi connectivity index (χ3v) is 8.49. The van der Waals surface area contributed by atoms with Gasteiger partial charge in [0, 0.05) is 32.4 Å².